The van der Waals surface area contributed by atoms with E-state index in [9.17, 15) is 4.39 Å². The number of rotatable bonds is 5. The standard InChI is InChI=1S/C26H29FN2/c27-23-7-5-17(6-8-23)15-29-16-22(24-3-1-2-4-25(24)29)14-28-26-20-10-18-9-19(12-20)13-21(26)11-18/h1-8,16,18-21,26,28H,9-15H2. The summed E-state index contributed by atoms with van der Waals surface area (Å²) in [7, 11) is 0. The quantitative estimate of drug-likeness (QED) is 0.589. The van der Waals surface area contributed by atoms with Crippen LogP contribution in [0.5, 0.6) is 0 Å². The largest absolute Gasteiger partial charge is 0.343 e. The maximum Gasteiger partial charge on any atom is 0.123 e. The molecule has 4 bridgehead atoms. The Labute approximate surface area is 172 Å². The second-order valence-corrected chi connectivity index (χ2v) is 9.76. The SMILES string of the molecule is Fc1ccc(Cn2cc(CNC3C4CC5CC(C4)CC3C5)c3ccccc32)cc1. The highest BCUT2D eigenvalue weighted by atomic mass is 19.1. The van der Waals surface area contributed by atoms with Crippen molar-refractivity contribution in [3.8, 4) is 0 Å². The summed E-state index contributed by atoms with van der Waals surface area (Å²) in [6, 6.07) is 16.3. The molecule has 2 aromatic carbocycles. The van der Waals surface area contributed by atoms with Gasteiger partial charge in [-0.2, -0.15) is 0 Å². The number of para-hydroxylation sites is 1. The van der Waals surface area contributed by atoms with E-state index in [-0.39, 0.29) is 5.82 Å². The molecule has 0 unspecified atom stereocenters. The van der Waals surface area contributed by atoms with Crippen LogP contribution in [0.3, 0.4) is 0 Å². The fourth-order valence-electron chi connectivity index (χ4n) is 6.87. The van der Waals surface area contributed by atoms with Crippen molar-refractivity contribution in [3.63, 3.8) is 0 Å². The molecule has 0 amide bonds. The van der Waals surface area contributed by atoms with E-state index in [2.05, 4.69) is 40.3 Å². The Morgan fingerprint density at radius 2 is 1.55 bits per heavy atom. The van der Waals surface area contributed by atoms with Crippen LogP contribution in [0.25, 0.3) is 10.9 Å². The Hall–Kier alpha value is -2.13. The van der Waals surface area contributed by atoms with Crippen molar-refractivity contribution in [2.24, 2.45) is 23.7 Å². The third kappa shape index (κ3) is 3.20. The predicted octanol–water partition coefficient (Wildman–Crippen LogP) is 5.74. The van der Waals surface area contributed by atoms with Crippen molar-refractivity contribution in [3.05, 3.63) is 71.7 Å². The average molecular weight is 389 g/mol. The van der Waals surface area contributed by atoms with Gasteiger partial charge in [0, 0.05) is 36.2 Å². The lowest BCUT2D eigenvalue weighted by molar-refractivity contribution is -0.0142. The van der Waals surface area contributed by atoms with Crippen molar-refractivity contribution < 1.29 is 4.39 Å². The van der Waals surface area contributed by atoms with Crippen LogP contribution in [-0.2, 0) is 13.1 Å². The first-order chi connectivity index (χ1) is 14.2. The van der Waals surface area contributed by atoms with Crippen LogP contribution in [0.2, 0.25) is 0 Å². The zero-order chi connectivity index (χ0) is 19.4. The number of nitrogens with zero attached hydrogens (tertiary/aromatic N) is 1. The monoisotopic (exact) mass is 388 g/mol. The number of halogens is 1. The smallest absolute Gasteiger partial charge is 0.123 e. The van der Waals surface area contributed by atoms with Gasteiger partial charge in [-0.3, -0.25) is 0 Å². The van der Waals surface area contributed by atoms with Gasteiger partial charge in [-0.15, -0.1) is 0 Å². The Kier molecular flexibility index (Phi) is 4.26. The van der Waals surface area contributed by atoms with Gasteiger partial charge in [-0.1, -0.05) is 30.3 Å². The van der Waals surface area contributed by atoms with Crippen LogP contribution in [0, 0.1) is 29.5 Å². The lowest BCUT2D eigenvalue weighted by Crippen LogP contribution is -2.54. The van der Waals surface area contributed by atoms with Gasteiger partial charge in [0.2, 0.25) is 0 Å². The van der Waals surface area contributed by atoms with Gasteiger partial charge in [0.05, 0.1) is 0 Å². The molecule has 150 valence electrons. The average Bonchev–Trinajstić information content (AvgIpc) is 3.06. The third-order valence-electron chi connectivity index (χ3n) is 7.89. The van der Waals surface area contributed by atoms with Gasteiger partial charge < -0.3 is 9.88 Å². The Morgan fingerprint density at radius 3 is 2.28 bits per heavy atom. The van der Waals surface area contributed by atoms with Crippen molar-refractivity contribution in [1.29, 1.82) is 0 Å². The Morgan fingerprint density at radius 1 is 0.862 bits per heavy atom. The highest BCUT2D eigenvalue weighted by Gasteiger charge is 2.47. The molecule has 0 atom stereocenters. The van der Waals surface area contributed by atoms with Crippen molar-refractivity contribution in [1.82, 2.24) is 9.88 Å². The molecule has 1 N–H and O–H groups in total. The summed E-state index contributed by atoms with van der Waals surface area (Å²) in [4.78, 5) is 0. The molecule has 1 heterocycles. The van der Waals surface area contributed by atoms with E-state index in [4.69, 9.17) is 0 Å². The van der Waals surface area contributed by atoms with Crippen LogP contribution in [0.4, 0.5) is 4.39 Å². The summed E-state index contributed by atoms with van der Waals surface area (Å²) >= 11 is 0. The van der Waals surface area contributed by atoms with Gasteiger partial charge in [0.15, 0.2) is 0 Å². The summed E-state index contributed by atoms with van der Waals surface area (Å²) in [5.74, 6) is 3.67. The molecule has 4 aliphatic rings. The fraction of sp³-hybridized carbons (Fsp3) is 0.462. The molecule has 3 heteroatoms. The minimum absolute atomic E-state index is 0.174. The first-order valence-corrected chi connectivity index (χ1v) is 11.3. The molecule has 0 spiro atoms. The first-order valence-electron chi connectivity index (χ1n) is 11.3. The normalized spacial score (nSPS) is 30.3. The zero-order valence-corrected chi connectivity index (χ0v) is 16.9. The Bertz CT molecular complexity index is 991. The number of aromatic nitrogens is 1. The molecular formula is C26H29FN2. The topological polar surface area (TPSA) is 17.0 Å². The predicted molar refractivity (Wildman–Crippen MR) is 115 cm³/mol. The number of hydrogen-bond donors (Lipinski definition) is 1. The van der Waals surface area contributed by atoms with Crippen molar-refractivity contribution in [2.75, 3.05) is 0 Å². The van der Waals surface area contributed by atoms with Crippen LogP contribution >= 0.6 is 0 Å². The number of hydrogen-bond acceptors (Lipinski definition) is 1. The van der Waals surface area contributed by atoms with Crippen LogP contribution in [0.1, 0.15) is 43.2 Å². The lowest BCUT2D eigenvalue weighted by atomic mass is 9.54. The van der Waals surface area contributed by atoms with E-state index in [0.717, 1.165) is 42.3 Å². The number of fused-ring (bicyclic) bond motifs is 1. The third-order valence-corrected chi connectivity index (χ3v) is 7.89. The molecule has 1 aromatic heterocycles. The summed E-state index contributed by atoms with van der Waals surface area (Å²) in [5.41, 5.74) is 3.78. The highest BCUT2D eigenvalue weighted by Crippen LogP contribution is 2.53. The molecule has 0 aliphatic heterocycles. The van der Waals surface area contributed by atoms with E-state index in [1.807, 2.05) is 12.1 Å². The molecule has 2 nitrogen and oxygen atoms in total. The van der Waals surface area contributed by atoms with E-state index in [1.54, 1.807) is 12.1 Å². The van der Waals surface area contributed by atoms with E-state index >= 15 is 0 Å². The molecule has 4 aliphatic carbocycles. The van der Waals surface area contributed by atoms with E-state index in [0.29, 0.717) is 6.04 Å². The molecule has 7 rings (SSSR count). The van der Waals surface area contributed by atoms with E-state index < -0.39 is 0 Å². The summed E-state index contributed by atoms with van der Waals surface area (Å²) in [6.07, 6.45) is 9.63. The summed E-state index contributed by atoms with van der Waals surface area (Å²) in [5, 5.41) is 5.33. The number of benzene rings is 2. The molecule has 0 saturated heterocycles. The lowest BCUT2D eigenvalue weighted by Gasteiger charge is -2.54. The number of nitrogens with one attached hydrogen (secondary N) is 1. The van der Waals surface area contributed by atoms with Gasteiger partial charge in [-0.25, -0.2) is 4.39 Å². The zero-order valence-electron chi connectivity index (χ0n) is 16.9. The molecule has 0 radical (unpaired) electrons. The molecule has 4 saturated carbocycles. The highest BCUT2D eigenvalue weighted by molar-refractivity contribution is 5.84. The fourth-order valence-corrected chi connectivity index (χ4v) is 6.87. The van der Waals surface area contributed by atoms with Gasteiger partial charge in [-0.05, 0) is 85.1 Å². The van der Waals surface area contributed by atoms with Crippen LogP contribution in [-0.4, -0.2) is 10.6 Å². The van der Waals surface area contributed by atoms with Crippen LogP contribution in [0.15, 0.2) is 54.7 Å². The second-order valence-electron chi connectivity index (χ2n) is 9.76. The molecular weight excluding hydrogens is 359 g/mol. The maximum atomic E-state index is 13.3. The minimum atomic E-state index is -0.174. The second kappa shape index (κ2) is 6.98. The van der Waals surface area contributed by atoms with Gasteiger partial charge >= 0.3 is 0 Å². The molecule has 4 fully saturated rings. The Balaban J connectivity index is 1.24. The van der Waals surface area contributed by atoms with E-state index in [1.165, 1.54) is 48.6 Å². The summed E-state index contributed by atoms with van der Waals surface area (Å²) < 4.78 is 15.6. The summed E-state index contributed by atoms with van der Waals surface area (Å²) in [6.45, 7) is 1.72. The maximum absolute atomic E-state index is 13.3. The van der Waals surface area contributed by atoms with Gasteiger partial charge in [0.25, 0.3) is 0 Å². The van der Waals surface area contributed by atoms with Crippen molar-refractivity contribution >= 4 is 10.9 Å². The molecule has 29 heavy (non-hydrogen) atoms. The van der Waals surface area contributed by atoms with Crippen LogP contribution < -0.4 is 5.32 Å². The first kappa shape index (κ1) is 17.7. The minimum Gasteiger partial charge on any atom is -0.343 e. The molecule has 3 aromatic rings. The van der Waals surface area contributed by atoms with Crippen molar-refractivity contribution in [2.45, 2.75) is 51.2 Å². The van der Waals surface area contributed by atoms with Gasteiger partial charge in [0.1, 0.15) is 5.82 Å².